The summed E-state index contributed by atoms with van der Waals surface area (Å²) in [6, 6.07) is 0. The molecule has 0 heterocycles. The molecule has 80 valence electrons. The van der Waals surface area contributed by atoms with E-state index >= 15 is 0 Å². The van der Waals surface area contributed by atoms with Gasteiger partial charge >= 0.3 is 0 Å². The minimum Gasteiger partial charge on any atom is -0.348 e. The smallest absolute Gasteiger partial charge is 0.209 e. The summed E-state index contributed by atoms with van der Waals surface area (Å²) in [5, 5.41) is 0. The Kier molecular flexibility index (Phi) is 9.41. The molecular weight excluding hydrogens is 174 g/mol. The van der Waals surface area contributed by atoms with Gasteiger partial charge in [0, 0.05) is 20.0 Å². The third kappa shape index (κ3) is 9.12. The van der Waals surface area contributed by atoms with Gasteiger partial charge in [-0.1, -0.05) is 19.3 Å². The van der Waals surface area contributed by atoms with E-state index in [0.717, 1.165) is 25.8 Å². The molecule has 0 saturated carbocycles. The monoisotopic (exact) mass is 195 g/mol. The van der Waals surface area contributed by atoms with Crippen LogP contribution >= 0.6 is 0 Å². The van der Waals surface area contributed by atoms with E-state index in [4.69, 9.17) is 0 Å². The molecule has 0 aliphatic heterocycles. The molecule has 0 aromatic heterocycles. The second kappa shape index (κ2) is 10.1. The Morgan fingerprint density at radius 2 is 1.79 bits per heavy atom. The van der Waals surface area contributed by atoms with Crippen LogP contribution < -0.4 is 0 Å². The third-order valence-corrected chi connectivity index (χ3v) is 2.17. The SMILES string of the molecule is CC#CCCCCCCCN(C)C=O. The van der Waals surface area contributed by atoms with E-state index < -0.39 is 0 Å². The Morgan fingerprint density at radius 3 is 2.43 bits per heavy atom. The zero-order valence-electron chi connectivity index (χ0n) is 9.38. The normalized spacial score (nSPS) is 9.00. The van der Waals surface area contributed by atoms with Crippen LogP contribution in [0.1, 0.15) is 45.4 Å². The molecule has 0 N–H and O–H groups in total. The molecule has 0 aliphatic carbocycles. The average Bonchev–Trinajstić information content (AvgIpc) is 2.21. The van der Waals surface area contributed by atoms with Crippen molar-refractivity contribution in [3.8, 4) is 11.8 Å². The highest BCUT2D eigenvalue weighted by Crippen LogP contribution is 2.04. The lowest BCUT2D eigenvalue weighted by Gasteiger charge is -2.09. The van der Waals surface area contributed by atoms with Crippen molar-refractivity contribution in [2.45, 2.75) is 45.4 Å². The van der Waals surface area contributed by atoms with Crippen molar-refractivity contribution in [1.82, 2.24) is 4.90 Å². The van der Waals surface area contributed by atoms with E-state index in [2.05, 4.69) is 11.8 Å². The van der Waals surface area contributed by atoms with Gasteiger partial charge in [-0.3, -0.25) is 4.79 Å². The summed E-state index contributed by atoms with van der Waals surface area (Å²) in [5.41, 5.74) is 0. The van der Waals surface area contributed by atoms with Crippen LogP contribution in [-0.2, 0) is 4.79 Å². The number of hydrogen-bond donors (Lipinski definition) is 0. The Bertz CT molecular complexity index is 190. The minimum atomic E-state index is 0.886. The first kappa shape index (κ1) is 13.0. The van der Waals surface area contributed by atoms with Crippen molar-refractivity contribution in [2.24, 2.45) is 0 Å². The summed E-state index contributed by atoms with van der Waals surface area (Å²) in [5.74, 6) is 5.96. The van der Waals surface area contributed by atoms with E-state index in [1.54, 1.807) is 4.90 Å². The molecule has 14 heavy (non-hydrogen) atoms. The number of carbonyl (C=O) groups is 1. The molecule has 0 bridgehead atoms. The molecule has 0 rings (SSSR count). The van der Waals surface area contributed by atoms with E-state index in [1.807, 2.05) is 14.0 Å². The summed E-state index contributed by atoms with van der Waals surface area (Å²) < 4.78 is 0. The molecule has 2 heteroatoms. The van der Waals surface area contributed by atoms with Gasteiger partial charge in [0.2, 0.25) is 6.41 Å². The maximum absolute atomic E-state index is 10.3. The van der Waals surface area contributed by atoms with Gasteiger partial charge in [0.25, 0.3) is 0 Å². The quantitative estimate of drug-likeness (QED) is 0.331. The lowest BCUT2D eigenvalue weighted by molar-refractivity contribution is -0.117. The van der Waals surface area contributed by atoms with Gasteiger partial charge in [-0.05, 0) is 19.8 Å². The van der Waals surface area contributed by atoms with Crippen LogP contribution in [0.4, 0.5) is 0 Å². The average molecular weight is 195 g/mol. The Morgan fingerprint density at radius 1 is 1.14 bits per heavy atom. The molecule has 0 aromatic carbocycles. The minimum absolute atomic E-state index is 0.886. The first-order chi connectivity index (χ1) is 6.81. The van der Waals surface area contributed by atoms with Gasteiger partial charge in [-0.25, -0.2) is 0 Å². The van der Waals surface area contributed by atoms with Gasteiger partial charge in [0.1, 0.15) is 0 Å². The summed E-state index contributed by atoms with van der Waals surface area (Å²) in [6.07, 6.45) is 8.00. The highest BCUT2D eigenvalue weighted by Gasteiger charge is 1.93. The molecule has 2 nitrogen and oxygen atoms in total. The van der Waals surface area contributed by atoms with Gasteiger partial charge in [-0.15, -0.1) is 11.8 Å². The van der Waals surface area contributed by atoms with E-state index in [-0.39, 0.29) is 0 Å². The number of hydrogen-bond acceptors (Lipinski definition) is 1. The largest absolute Gasteiger partial charge is 0.348 e. The van der Waals surface area contributed by atoms with E-state index in [1.165, 1.54) is 25.7 Å². The zero-order chi connectivity index (χ0) is 10.6. The van der Waals surface area contributed by atoms with Crippen LogP contribution in [0.3, 0.4) is 0 Å². The molecular formula is C12H21NO. The van der Waals surface area contributed by atoms with Crippen LogP contribution in [0.25, 0.3) is 0 Å². The van der Waals surface area contributed by atoms with Crippen LogP contribution in [0.15, 0.2) is 0 Å². The number of amides is 1. The Labute approximate surface area is 87.7 Å². The topological polar surface area (TPSA) is 20.3 Å². The third-order valence-electron chi connectivity index (χ3n) is 2.17. The molecule has 0 aromatic rings. The highest BCUT2D eigenvalue weighted by atomic mass is 16.1. The molecule has 0 unspecified atom stereocenters. The Hall–Kier alpha value is -0.970. The fourth-order valence-electron chi connectivity index (χ4n) is 1.28. The molecule has 0 spiro atoms. The van der Waals surface area contributed by atoms with Crippen molar-refractivity contribution in [3.63, 3.8) is 0 Å². The molecule has 0 radical (unpaired) electrons. The van der Waals surface area contributed by atoms with Crippen LogP contribution in [-0.4, -0.2) is 24.9 Å². The van der Waals surface area contributed by atoms with E-state index in [9.17, 15) is 4.79 Å². The summed E-state index contributed by atoms with van der Waals surface area (Å²) in [4.78, 5) is 12.0. The van der Waals surface area contributed by atoms with Crippen molar-refractivity contribution >= 4 is 6.41 Å². The van der Waals surface area contributed by atoms with Gasteiger partial charge < -0.3 is 4.90 Å². The van der Waals surface area contributed by atoms with Crippen molar-refractivity contribution in [2.75, 3.05) is 13.6 Å². The second-order valence-electron chi connectivity index (χ2n) is 3.53. The van der Waals surface area contributed by atoms with Crippen LogP contribution in [0, 0.1) is 11.8 Å². The lowest BCUT2D eigenvalue weighted by atomic mass is 10.1. The summed E-state index contributed by atoms with van der Waals surface area (Å²) >= 11 is 0. The van der Waals surface area contributed by atoms with E-state index in [0.29, 0.717) is 0 Å². The first-order valence-corrected chi connectivity index (χ1v) is 5.36. The predicted octanol–water partition coefficient (Wildman–Crippen LogP) is 2.44. The van der Waals surface area contributed by atoms with Gasteiger partial charge in [-0.2, -0.15) is 0 Å². The standard InChI is InChI=1S/C12H21NO/c1-3-4-5-6-7-8-9-10-11-13(2)12-14/h12H,5-11H2,1-2H3. The Balaban J connectivity index is 3.05. The summed E-state index contributed by atoms with van der Waals surface area (Å²) in [7, 11) is 1.82. The fraction of sp³-hybridized carbons (Fsp3) is 0.750. The lowest BCUT2D eigenvalue weighted by Crippen LogP contribution is -2.16. The molecule has 0 aliphatic rings. The summed E-state index contributed by atoms with van der Waals surface area (Å²) in [6.45, 7) is 2.77. The maximum Gasteiger partial charge on any atom is 0.209 e. The number of nitrogens with zero attached hydrogens (tertiary/aromatic N) is 1. The molecule has 0 atom stereocenters. The van der Waals surface area contributed by atoms with Crippen molar-refractivity contribution in [3.05, 3.63) is 0 Å². The van der Waals surface area contributed by atoms with Crippen LogP contribution in [0.5, 0.6) is 0 Å². The number of unbranched alkanes of at least 4 members (excludes halogenated alkanes) is 5. The molecule has 0 saturated heterocycles. The molecule has 0 fully saturated rings. The fourth-order valence-corrected chi connectivity index (χ4v) is 1.28. The number of carbonyl (C=O) groups excluding carboxylic acids is 1. The number of rotatable bonds is 8. The van der Waals surface area contributed by atoms with Gasteiger partial charge in [0.05, 0.1) is 0 Å². The maximum atomic E-state index is 10.3. The second-order valence-corrected chi connectivity index (χ2v) is 3.53. The molecule has 1 amide bonds. The predicted molar refractivity (Wildman–Crippen MR) is 59.8 cm³/mol. The zero-order valence-corrected chi connectivity index (χ0v) is 9.38. The highest BCUT2D eigenvalue weighted by molar-refractivity contribution is 5.46. The van der Waals surface area contributed by atoms with Gasteiger partial charge in [0.15, 0.2) is 0 Å². The van der Waals surface area contributed by atoms with Crippen molar-refractivity contribution in [1.29, 1.82) is 0 Å². The first-order valence-electron chi connectivity index (χ1n) is 5.36. The van der Waals surface area contributed by atoms with Crippen LogP contribution in [0.2, 0.25) is 0 Å². The van der Waals surface area contributed by atoms with Crippen molar-refractivity contribution < 1.29 is 4.79 Å².